The molecule has 1 heterocycles. The molecule has 1 aliphatic heterocycles. The summed E-state index contributed by atoms with van der Waals surface area (Å²) in [6.45, 7) is 1.94. The van der Waals surface area contributed by atoms with Crippen molar-refractivity contribution in [2.45, 2.75) is 11.8 Å². The maximum atomic E-state index is 13.0. The lowest BCUT2D eigenvalue weighted by molar-refractivity contribution is 0.677. The molecule has 1 unspecified atom stereocenters. The minimum absolute atomic E-state index is 0.547. The van der Waals surface area contributed by atoms with Crippen molar-refractivity contribution in [3.8, 4) is 11.1 Å². The molecule has 0 aromatic heterocycles. The molecular weight excluding hydrogens is 484 g/mol. The number of nitrogens with zero attached hydrogens (tertiary/aromatic N) is 1. The molecule has 0 saturated heterocycles. The van der Waals surface area contributed by atoms with Crippen molar-refractivity contribution in [3.05, 3.63) is 43.5 Å². The zero-order chi connectivity index (χ0) is 13.6. The van der Waals surface area contributed by atoms with Gasteiger partial charge in [-0.05, 0) is 63.4 Å². The Labute approximate surface area is 140 Å². The summed E-state index contributed by atoms with van der Waals surface area (Å²) in [4.78, 5) is 0.878. The van der Waals surface area contributed by atoms with Crippen LogP contribution in [0.25, 0.3) is 11.1 Å². The van der Waals surface area contributed by atoms with Gasteiger partial charge < -0.3 is 0 Å². The maximum Gasteiger partial charge on any atom is 0.0946 e. The van der Waals surface area contributed by atoms with Crippen LogP contribution in [0.15, 0.2) is 45.7 Å². The summed E-state index contributed by atoms with van der Waals surface area (Å²) in [7, 11) is -2.32. The molecule has 98 valence electrons. The molecule has 0 aliphatic carbocycles. The van der Waals surface area contributed by atoms with E-state index in [-0.39, 0.29) is 0 Å². The van der Waals surface area contributed by atoms with E-state index in [1.165, 1.54) is 3.57 Å². The molecule has 0 amide bonds. The van der Waals surface area contributed by atoms with E-state index in [0.29, 0.717) is 5.75 Å². The van der Waals surface area contributed by atoms with Crippen LogP contribution in [0.5, 0.6) is 0 Å². The first-order chi connectivity index (χ1) is 9.05. The van der Waals surface area contributed by atoms with Gasteiger partial charge in [-0.2, -0.15) is 4.36 Å². The molecular formula is C14H11I2NOS. The second kappa shape index (κ2) is 5.00. The maximum absolute atomic E-state index is 13.0. The Bertz CT molecular complexity index is 792. The van der Waals surface area contributed by atoms with E-state index in [4.69, 9.17) is 0 Å². The van der Waals surface area contributed by atoms with Gasteiger partial charge in [-0.15, -0.1) is 0 Å². The standard InChI is InChI=1S/C14H11I2NOS/c1-2-19(18)13-6-4-3-5-10(13)11-7-9(15)8-12(16)14(11)17-19/h3-8H,2H2,1H3. The van der Waals surface area contributed by atoms with Gasteiger partial charge in [0, 0.05) is 24.0 Å². The SMILES string of the molecule is CCS1(=O)=Nc2c(I)cc(I)cc2-c2ccccc21. The van der Waals surface area contributed by atoms with Crippen LogP contribution in [-0.4, -0.2) is 9.96 Å². The van der Waals surface area contributed by atoms with Crippen LogP contribution >= 0.6 is 45.2 Å². The number of hydrogen-bond donors (Lipinski definition) is 0. The van der Waals surface area contributed by atoms with E-state index in [1.54, 1.807) is 0 Å². The highest BCUT2D eigenvalue weighted by molar-refractivity contribution is 14.1. The average molecular weight is 495 g/mol. The van der Waals surface area contributed by atoms with Crippen molar-refractivity contribution in [1.82, 2.24) is 0 Å². The van der Waals surface area contributed by atoms with Crippen LogP contribution in [0.4, 0.5) is 5.69 Å². The summed E-state index contributed by atoms with van der Waals surface area (Å²) in [5, 5.41) is 0. The predicted octanol–water partition coefficient (Wildman–Crippen LogP) is 5.05. The normalized spacial score (nSPS) is 20.4. The van der Waals surface area contributed by atoms with Gasteiger partial charge in [-0.1, -0.05) is 25.1 Å². The fourth-order valence-electron chi connectivity index (χ4n) is 2.25. The lowest BCUT2D eigenvalue weighted by atomic mass is 10.0. The lowest BCUT2D eigenvalue weighted by Crippen LogP contribution is -2.09. The third kappa shape index (κ3) is 2.23. The highest BCUT2D eigenvalue weighted by Gasteiger charge is 2.24. The fourth-order valence-corrected chi connectivity index (χ4v) is 6.22. The Balaban J connectivity index is 2.49. The number of halogens is 2. The quantitative estimate of drug-likeness (QED) is 0.510. The van der Waals surface area contributed by atoms with E-state index in [9.17, 15) is 4.21 Å². The van der Waals surface area contributed by atoms with Gasteiger partial charge in [0.25, 0.3) is 0 Å². The Morgan fingerprint density at radius 2 is 1.89 bits per heavy atom. The summed E-state index contributed by atoms with van der Waals surface area (Å²) in [5.41, 5.74) is 3.04. The van der Waals surface area contributed by atoms with Crippen molar-refractivity contribution in [3.63, 3.8) is 0 Å². The Morgan fingerprint density at radius 1 is 1.16 bits per heavy atom. The minimum Gasteiger partial charge on any atom is -0.244 e. The van der Waals surface area contributed by atoms with E-state index >= 15 is 0 Å². The lowest BCUT2D eigenvalue weighted by Gasteiger charge is -2.21. The smallest absolute Gasteiger partial charge is 0.0946 e. The van der Waals surface area contributed by atoms with Gasteiger partial charge in [0.05, 0.1) is 20.3 Å². The third-order valence-corrected chi connectivity index (χ3v) is 6.93. The molecule has 19 heavy (non-hydrogen) atoms. The van der Waals surface area contributed by atoms with E-state index < -0.39 is 9.73 Å². The first-order valence-electron chi connectivity index (χ1n) is 5.88. The molecule has 0 fully saturated rings. The predicted molar refractivity (Wildman–Crippen MR) is 96.3 cm³/mol. The Kier molecular flexibility index (Phi) is 3.63. The fraction of sp³-hybridized carbons (Fsp3) is 0.143. The number of hydrogen-bond acceptors (Lipinski definition) is 2. The van der Waals surface area contributed by atoms with Crippen LogP contribution in [0.2, 0.25) is 0 Å². The molecule has 0 bridgehead atoms. The summed E-state index contributed by atoms with van der Waals surface area (Å²) in [6, 6.07) is 12.1. The average Bonchev–Trinajstić information content (AvgIpc) is 2.41. The highest BCUT2D eigenvalue weighted by Crippen LogP contribution is 2.44. The first-order valence-corrected chi connectivity index (χ1v) is 9.72. The van der Waals surface area contributed by atoms with E-state index in [2.05, 4.69) is 61.7 Å². The van der Waals surface area contributed by atoms with Gasteiger partial charge >= 0.3 is 0 Å². The van der Waals surface area contributed by atoms with Crippen LogP contribution in [0, 0.1) is 7.14 Å². The highest BCUT2D eigenvalue weighted by atomic mass is 127. The topological polar surface area (TPSA) is 29.4 Å². The van der Waals surface area contributed by atoms with E-state index in [0.717, 1.165) is 25.3 Å². The zero-order valence-electron chi connectivity index (χ0n) is 10.2. The molecule has 0 N–H and O–H groups in total. The Morgan fingerprint density at radius 3 is 2.63 bits per heavy atom. The van der Waals surface area contributed by atoms with E-state index in [1.807, 2.05) is 31.2 Å². The summed E-state index contributed by atoms with van der Waals surface area (Å²) < 4.78 is 19.9. The molecule has 0 spiro atoms. The molecule has 3 rings (SSSR count). The van der Waals surface area contributed by atoms with Crippen molar-refractivity contribution in [2.75, 3.05) is 5.75 Å². The van der Waals surface area contributed by atoms with Gasteiger partial charge in [-0.25, -0.2) is 4.21 Å². The van der Waals surface area contributed by atoms with Crippen LogP contribution in [0.1, 0.15) is 6.92 Å². The molecule has 2 nitrogen and oxygen atoms in total. The molecule has 1 atom stereocenters. The third-order valence-electron chi connectivity index (χ3n) is 3.18. The van der Waals surface area contributed by atoms with Gasteiger partial charge in [0.2, 0.25) is 0 Å². The first kappa shape index (κ1) is 13.8. The second-order valence-corrected chi connectivity index (χ2v) is 9.19. The molecule has 0 saturated carbocycles. The van der Waals surface area contributed by atoms with Crippen LogP contribution in [-0.2, 0) is 9.73 Å². The number of rotatable bonds is 1. The minimum atomic E-state index is -2.32. The largest absolute Gasteiger partial charge is 0.244 e. The van der Waals surface area contributed by atoms with Gasteiger partial charge in [-0.3, -0.25) is 0 Å². The van der Waals surface area contributed by atoms with Crippen LogP contribution < -0.4 is 0 Å². The van der Waals surface area contributed by atoms with Crippen molar-refractivity contribution < 1.29 is 4.21 Å². The number of benzene rings is 2. The summed E-state index contributed by atoms with van der Waals surface area (Å²) in [6.07, 6.45) is 0. The molecule has 5 heteroatoms. The summed E-state index contributed by atoms with van der Waals surface area (Å²) >= 11 is 4.59. The zero-order valence-corrected chi connectivity index (χ0v) is 15.3. The second-order valence-electron chi connectivity index (χ2n) is 4.30. The van der Waals surface area contributed by atoms with Crippen LogP contribution in [0.3, 0.4) is 0 Å². The Hall–Kier alpha value is -0.150. The summed E-state index contributed by atoms with van der Waals surface area (Å²) in [5.74, 6) is 0.547. The molecule has 2 aromatic rings. The number of fused-ring (bicyclic) bond motifs is 3. The van der Waals surface area contributed by atoms with Gasteiger partial charge in [0.1, 0.15) is 0 Å². The molecule has 0 radical (unpaired) electrons. The van der Waals surface area contributed by atoms with Crippen molar-refractivity contribution >= 4 is 60.6 Å². The van der Waals surface area contributed by atoms with Crippen molar-refractivity contribution in [1.29, 1.82) is 0 Å². The molecule has 2 aromatic carbocycles. The van der Waals surface area contributed by atoms with Crippen molar-refractivity contribution in [2.24, 2.45) is 4.36 Å². The van der Waals surface area contributed by atoms with Gasteiger partial charge in [0.15, 0.2) is 0 Å². The molecule has 1 aliphatic rings. The monoisotopic (exact) mass is 495 g/mol.